The van der Waals surface area contributed by atoms with Crippen molar-refractivity contribution in [3.05, 3.63) is 35.9 Å². The molecule has 1 aliphatic rings. The van der Waals surface area contributed by atoms with Crippen molar-refractivity contribution in [2.75, 3.05) is 26.7 Å². The van der Waals surface area contributed by atoms with Crippen LogP contribution < -0.4 is 10.6 Å². The number of carbonyl (C=O) groups is 2. The molecule has 2 amide bonds. The van der Waals surface area contributed by atoms with Gasteiger partial charge in [-0.15, -0.1) is 12.4 Å². The van der Waals surface area contributed by atoms with E-state index in [1.807, 2.05) is 13.1 Å². The zero-order chi connectivity index (χ0) is 15.1. The highest BCUT2D eigenvalue weighted by Crippen LogP contribution is 2.11. The van der Waals surface area contributed by atoms with Crippen LogP contribution in [0.2, 0.25) is 0 Å². The first kappa shape index (κ1) is 18.5. The van der Waals surface area contributed by atoms with E-state index >= 15 is 0 Å². The van der Waals surface area contributed by atoms with Crippen molar-refractivity contribution in [2.24, 2.45) is 0 Å². The van der Waals surface area contributed by atoms with E-state index in [0.29, 0.717) is 5.56 Å². The molecular formula is C16H24ClN3O2. The third-order valence-corrected chi connectivity index (χ3v) is 3.92. The molecule has 122 valence electrons. The van der Waals surface area contributed by atoms with Crippen LogP contribution in [-0.2, 0) is 4.79 Å². The second-order valence-corrected chi connectivity index (χ2v) is 5.39. The van der Waals surface area contributed by atoms with Gasteiger partial charge in [0.15, 0.2) is 0 Å². The Kier molecular flexibility index (Phi) is 7.91. The normalized spacial score (nSPS) is 17.8. The Hall–Kier alpha value is -1.59. The van der Waals surface area contributed by atoms with Crippen LogP contribution in [0.4, 0.5) is 0 Å². The highest BCUT2D eigenvalue weighted by Gasteiger charge is 2.21. The van der Waals surface area contributed by atoms with Crippen LogP contribution in [0.5, 0.6) is 0 Å². The minimum atomic E-state index is -0.208. The molecule has 1 saturated heterocycles. The van der Waals surface area contributed by atoms with Crippen molar-refractivity contribution in [2.45, 2.75) is 25.3 Å². The summed E-state index contributed by atoms with van der Waals surface area (Å²) in [4.78, 5) is 25.9. The van der Waals surface area contributed by atoms with Crippen molar-refractivity contribution < 1.29 is 9.59 Å². The molecule has 22 heavy (non-hydrogen) atoms. The van der Waals surface area contributed by atoms with Gasteiger partial charge in [-0.3, -0.25) is 9.59 Å². The fourth-order valence-electron chi connectivity index (χ4n) is 2.56. The lowest BCUT2D eigenvalue weighted by Crippen LogP contribution is -2.43. The Labute approximate surface area is 137 Å². The molecule has 6 heteroatoms. The van der Waals surface area contributed by atoms with Crippen LogP contribution in [-0.4, -0.2) is 49.4 Å². The van der Waals surface area contributed by atoms with E-state index in [9.17, 15) is 9.59 Å². The molecular weight excluding hydrogens is 302 g/mol. The Morgan fingerprint density at radius 2 is 1.95 bits per heavy atom. The van der Waals surface area contributed by atoms with E-state index in [2.05, 4.69) is 10.6 Å². The van der Waals surface area contributed by atoms with Crippen LogP contribution in [0.1, 0.15) is 29.6 Å². The van der Waals surface area contributed by atoms with Crippen LogP contribution in [0.3, 0.4) is 0 Å². The lowest BCUT2D eigenvalue weighted by molar-refractivity contribution is -0.131. The molecule has 1 aromatic rings. The number of benzene rings is 1. The number of nitrogens with zero attached hydrogens (tertiary/aromatic N) is 1. The first-order valence-electron chi connectivity index (χ1n) is 7.48. The minimum absolute atomic E-state index is 0. The maximum Gasteiger partial charge on any atom is 0.251 e. The van der Waals surface area contributed by atoms with Crippen LogP contribution in [0.15, 0.2) is 30.3 Å². The lowest BCUT2D eigenvalue weighted by Gasteiger charge is -2.27. The van der Waals surface area contributed by atoms with Gasteiger partial charge in [0.1, 0.15) is 0 Å². The summed E-state index contributed by atoms with van der Waals surface area (Å²) in [6.45, 7) is 2.01. The monoisotopic (exact) mass is 325 g/mol. The fraction of sp³-hybridized carbons (Fsp3) is 0.500. The SMILES string of the molecule is CN(C(=O)CNC(=O)c1ccccc1)C1CCCNCC1.Cl. The number of nitrogens with one attached hydrogen (secondary N) is 2. The number of carbonyl (C=O) groups excluding carboxylic acids is 2. The van der Waals surface area contributed by atoms with Crippen molar-refractivity contribution in [3.8, 4) is 0 Å². The molecule has 1 unspecified atom stereocenters. The number of amides is 2. The Morgan fingerprint density at radius 1 is 1.23 bits per heavy atom. The zero-order valence-electron chi connectivity index (χ0n) is 12.9. The van der Waals surface area contributed by atoms with Gasteiger partial charge in [-0.2, -0.15) is 0 Å². The van der Waals surface area contributed by atoms with E-state index in [4.69, 9.17) is 0 Å². The molecule has 1 aromatic carbocycles. The third kappa shape index (κ3) is 5.31. The van der Waals surface area contributed by atoms with E-state index in [1.165, 1.54) is 0 Å². The fourth-order valence-corrected chi connectivity index (χ4v) is 2.56. The van der Waals surface area contributed by atoms with Gasteiger partial charge in [-0.05, 0) is 44.5 Å². The summed E-state index contributed by atoms with van der Waals surface area (Å²) in [5.74, 6) is -0.244. The van der Waals surface area contributed by atoms with E-state index in [-0.39, 0.29) is 36.8 Å². The first-order valence-corrected chi connectivity index (χ1v) is 7.48. The maximum absolute atomic E-state index is 12.2. The smallest absolute Gasteiger partial charge is 0.251 e. The number of rotatable bonds is 4. The van der Waals surface area contributed by atoms with Crippen LogP contribution in [0, 0.1) is 0 Å². The maximum atomic E-state index is 12.2. The quantitative estimate of drug-likeness (QED) is 0.880. The van der Waals surface area contributed by atoms with Crippen molar-refractivity contribution in [3.63, 3.8) is 0 Å². The molecule has 0 saturated carbocycles. The number of hydrogen-bond acceptors (Lipinski definition) is 3. The summed E-state index contributed by atoms with van der Waals surface area (Å²) in [7, 11) is 1.83. The van der Waals surface area contributed by atoms with Gasteiger partial charge >= 0.3 is 0 Å². The minimum Gasteiger partial charge on any atom is -0.343 e. The van der Waals surface area contributed by atoms with Gasteiger partial charge in [0, 0.05) is 18.7 Å². The molecule has 1 heterocycles. The molecule has 5 nitrogen and oxygen atoms in total. The summed E-state index contributed by atoms with van der Waals surface area (Å²) in [6, 6.07) is 9.21. The highest BCUT2D eigenvalue weighted by atomic mass is 35.5. The van der Waals surface area contributed by atoms with Gasteiger partial charge in [0.2, 0.25) is 5.91 Å². The van der Waals surface area contributed by atoms with Gasteiger partial charge in [0.25, 0.3) is 5.91 Å². The molecule has 2 N–H and O–H groups in total. The molecule has 0 aliphatic carbocycles. The van der Waals surface area contributed by atoms with E-state index in [0.717, 1.165) is 32.4 Å². The summed E-state index contributed by atoms with van der Waals surface area (Å²) in [6.07, 6.45) is 3.06. The molecule has 1 atom stereocenters. The van der Waals surface area contributed by atoms with Crippen LogP contribution in [0.25, 0.3) is 0 Å². The summed E-state index contributed by atoms with van der Waals surface area (Å²) in [5.41, 5.74) is 0.576. The van der Waals surface area contributed by atoms with E-state index < -0.39 is 0 Å². The molecule has 2 rings (SSSR count). The predicted molar refractivity (Wildman–Crippen MR) is 89.3 cm³/mol. The second-order valence-electron chi connectivity index (χ2n) is 5.39. The van der Waals surface area contributed by atoms with Gasteiger partial charge in [-0.25, -0.2) is 0 Å². The third-order valence-electron chi connectivity index (χ3n) is 3.92. The molecule has 0 bridgehead atoms. The molecule has 1 aliphatic heterocycles. The molecule has 0 aromatic heterocycles. The molecule has 0 spiro atoms. The average Bonchev–Trinajstić information content (AvgIpc) is 2.81. The highest BCUT2D eigenvalue weighted by molar-refractivity contribution is 5.96. The Balaban J connectivity index is 0.00000242. The average molecular weight is 326 g/mol. The van der Waals surface area contributed by atoms with Gasteiger partial charge < -0.3 is 15.5 Å². The molecule has 1 fully saturated rings. The predicted octanol–water partition coefficient (Wildman–Crippen LogP) is 1.44. The standard InChI is InChI=1S/C16H23N3O2.ClH/c1-19(14-8-5-10-17-11-9-14)15(20)12-18-16(21)13-6-3-2-4-7-13;/h2-4,6-7,14,17H,5,8-12H2,1H3,(H,18,21);1H. The van der Waals surface area contributed by atoms with Crippen molar-refractivity contribution >= 4 is 24.2 Å². The van der Waals surface area contributed by atoms with E-state index in [1.54, 1.807) is 29.2 Å². The second kappa shape index (κ2) is 9.43. The summed E-state index contributed by atoms with van der Waals surface area (Å²) in [5, 5.41) is 6.02. The largest absolute Gasteiger partial charge is 0.343 e. The molecule has 0 radical (unpaired) electrons. The lowest BCUT2D eigenvalue weighted by atomic mass is 10.1. The number of halogens is 1. The summed E-state index contributed by atoms with van der Waals surface area (Å²) >= 11 is 0. The zero-order valence-corrected chi connectivity index (χ0v) is 13.7. The van der Waals surface area contributed by atoms with Gasteiger partial charge in [-0.1, -0.05) is 18.2 Å². The van der Waals surface area contributed by atoms with Crippen LogP contribution >= 0.6 is 12.4 Å². The summed E-state index contributed by atoms with van der Waals surface area (Å²) < 4.78 is 0. The first-order chi connectivity index (χ1) is 10.2. The van der Waals surface area contributed by atoms with Crippen molar-refractivity contribution in [1.82, 2.24) is 15.5 Å². The van der Waals surface area contributed by atoms with Crippen molar-refractivity contribution in [1.29, 1.82) is 0 Å². The van der Waals surface area contributed by atoms with Gasteiger partial charge in [0.05, 0.1) is 6.54 Å². The number of likely N-dealkylation sites (N-methyl/N-ethyl adjacent to an activating group) is 1. The Morgan fingerprint density at radius 3 is 2.68 bits per heavy atom. The topological polar surface area (TPSA) is 61.4 Å². The number of hydrogen-bond donors (Lipinski definition) is 2. The Bertz CT molecular complexity index is 474.